The number of hydrogen-bond donors (Lipinski definition) is 2. The molecule has 2 rings (SSSR count). The number of ether oxygens (including phenoxy) is 1. The number of esters is 1. The first-order valence-electron chi connectivity index (χ1n) is 8.99. The van der Waals surface area contributed by atoms with Gasteiger partial charge in [-0.2, -0.15) is 0 Å². The van der Waals surface area contributed by atoms with E-state index in [1.165, 1.54) is 26.1 Å². The van der Waals surface area contributed by atoms with Crippen LogP contribution in [0.5, 0.6) is 0 Å². The minimum atomic E-state index is -1.24. The summed E-state index contributed by atoms with van der Waals surface area (Å²) in [7, 11) is 1.34. The van der Waals surface area contributed by atoms with Gasteiger partial charge in [-0.05, 0) is 37.8 Å². The lowest BCUT2D eigenvalue weighted by Gasteiger charge is -2.32. The second-order valence-corrected chi connectivity index (χ2v) is 6.77. The maximum absolute atomic E-state index is 12.3. The van der Waals surface area contributed by atoms with Crippen LogP contribution in [0.25, 0.3) is 0 Å². The Morgan fingerprint density at radius 1 is 1.36 bits per heavy atom. The van der Waals surface area contributed by atoms with Gasteiger partial charge < -0.3 is 15.0 Å². The van der Waals surface area contributed by atoms with Crippen molar-refractivity contribution in [2.75, 3.05) is 25.0 Å². The topological polar surface area (TPSA) is 131 Å². The summed E-state index contributed by atoms with van der Waals surface area (Å²) in [6.07, 6.45) is 0.775. The highest BCUT2D eigenvalue weighted by molar-refractivity contribution is 5.98. The van der Waals surface area contributed by atoms with E-state index >= 15 is 0 Å². The summed E-state index contributed by atoms with van der Waals surface area (Å²) in [6, 6.07) is 3.39. The van der Waals surface area contributed by atoms with Crippen molar-refractivity contribution in [3.05, 3.63) is 33.9 Å². The molecule has 1 saturated heterocycles. The van der Waals surface area contributed by atoms with Crippen LogP contribution in [0.2, 0.25) is 0 Å². The van der Waals surface area contributed by atoms with Crippen molar-refractivity contribution in [1.29, 1.82) is 0 Å². The largest absolute Gasteiger partial charge is 0.449 e. The number of nitrogens with one attached hydrogen (secondary N) is 2. The number of piperidine rings is 1. The minimum Gasteiger partial charge on any atom is -0.449 e. The third-order valence-electron chi connectivity index (χ3n) is 4.52. The zero-order chi connectivity index (χ0) is 20.8. The molecule has 28 heavy (non-hydrogen) atoms. The highest BCUT2D eigenvalue weighted by Gasteiger charge is 2.27. The summed E-state index contributed by atoms with van der Waals surface area (Å²) in [5.74, 6) is -1.26. The van der Waals surface area contributed by atoms with E-state index < -0.39 is 28.9 Å². The second-order valence-electron chi connectivity index (χ2n) is 6.77. The number of urea groups is 1. The zero-order valence-corrected chi connectivity index (χ0v) is 16.1. The summed E-state index contributed by atoms with van der Waals surface area (Å²) in [4.78, 5) is 48.2. The maximum Gasteiger partial charge on any atom is 0.339 e. The highest BCUT2D eigenvalue weighted by atomic mass is 16.6. The number of nitrogens with zero attached hydrogens (tertiary/aromatic N) is 2. The molecule has 1 aliphatic rings. The lowest BCUT2D eigenvalue weighted by molar-refractivity contribution is -0.384. The van der Waals surface area contributed by atoms with Gasteiger partial charge in [-0.1, -0.05) is 6.92 Å². The molecule has 1 aliphatic heterocycles. The van der Waals surface area contributed by atoms with Gasteiger partial charge in [0.1, 0.15) is 5.69 Å². The lowest BCUT2D eigenvalue weighted by atomic mass is 9.99. The fourth-order valence-corrected chi connectivity index (χ4v) is 3.03. The van der Waals surface area contributed by atoms with Gasteiger partial charge in [-0.25, -0.2) is 9.59 Å². The van der Waals surface area contributed by atoms with Crippen LogP contribution in [-0.4, -0.2) is 49.1 Å². The van der Waals surface area contributed by atoms with Gasteiger partial charge in [0.25, 0.3) is 11.6 Å². The van der Waals surface area contributed by atoms with Gasteiger partial charge >= 0.3 is 12.0 Å². The van der Waals surface area contributed by atoms with Crippen molar-refractivity contribution in [2.24, 2.45) is 5.92 Å². The molecule has 1 fully saturated rings. The summed E-state index contributed by atoms with van der Waals surface area (Å²) >= 11 is 0. The molecule has 0 aliphatic carbocycles. The molecular formula is C18H24N4O6. The number of rotatable bonds is 5. The second kappa shape index (κ2) is 9.16. The van der Waals surface area contributed by atoms with Crippen molar-refractivity contribution in [3.63, 3.8) is 0 Å². The Morgan fingerprint density at radius 2 is 2.07 bits per heavy atom. The van der Waals surface area contributed by atoms with Crippen LogP contribution in [0.1, 0.15) is 37.0 Å². The molecule has 10 heteroatoms. The SMILES string of the molecule is CNC(=O)NC(=O)[C@H](C)OC(=O)c1ccc(N2CCC[C@@H](C)C2)c([N+](=O)[O-])c1. The van der Waals surface area contributed by atoms with Crippen LogP contribution in [0.3, 0.4) is 0 Å². The van der Waals surface area contributed by atoms with Crippen LogP contribution in [0.4, 0.5) is 16.2 Å². The number of carbonyl (C=O) groups excluding carboxylic acids is 3. The number of carbonyl (C=O) groups is 3. The Labute approximate surface area is 162 Å². The third kappa shape index (κ3) is 5.18. The van der Waals surface area contributed by atoms with Crippen LogP contribution >= 0.6 is 0 Å². The number of hydrogen-bond acceptors (Lipinski definition) is 7. The Morgan fingerprint density at radius 3 is 2.68 bits per heavy atom. The van der Waals surface area contributed by atoms with Gasteiger partial charge in [-0.3, -0.25) is 20.2 Å². The molecule has 152 valence electrons. The summed E-state index contributed by atoms with van der Waals surface area (Å²) in [6.45, 7) is 4.82. The molecule has 2 N–H and O–H groups in total. The molecule has 1 heterocycles. The average molecular weight is 392 g/mol. The molecular weight excluding hydrogens is 368 g/mol. The van der Waals surface area contributed by atoms with E-state index in [-0.39, 0.29) is 11.3 Å². The number of nitro benzene ring substituents is 1. The molecule has 2 atom stereocenters. The molecule has 0 unspecified atom stereocenters. The molecule has 10 nitrogen and oxygen atoms in total. The van der Waals surface area contributed by atoms with E-state index in [0.29, 0.717) is 24.7 Å². The van der Waals surface area contributed by atoms with E-state index in [0.717, 1.165) is 18.9 Å². The smallest absolute Gasteiger partial charge is 0.339 e. The van der Waals surface area contributed by atoms with Gasteiger partial charge in [0.2, 0.25) is 0 Å². The quantitative estimate of drug-likeness (QED) is 0.444. The fourth-order valence-electron chi connectivity index (χ4n) is 3.03. The van der Waals surface area contributed by atoms with E-state index in [4.69, 9.17) is 4.74 Å². The van der Waals surface area contributed by atoms with Gasteiger partial charge in [-0.15, -0.1) is 0 Å². The maximum atomic E-state index is 12.3. The zero-order valence-electron chi connectivity index (χ0n) is 16.1. The average Bonchev–Trinajstić information content (AvgIpc) is 2.67. The Hall–Kier alpha value is -3.17. The fraction of sp³-hybridized carbons (Fsp3) is 0.500. The van der Waals surface area contributed by atoms with E-state index in [1.807, 2.05) is 10.2 Å². The molecule has 1 aromatic rings. The number of amides is 3. The Balaban J connectivity index is 2.16. The molecule has 0 radical (unpaired) electrons. The van der Waals surface area contributed by atoms with E-state index in [1.54, 1.807) is 0 Å². The molecule has 0 saturated carbocycles. The predicted octanol–water partition coefficient (Wildman–Crippen LogP) is 1.83. The van der Waals surface area contributed by atoms with Crippen molar-refractivity contribution in [3.8, 4) is 0 Å². The van der Waals surface area contributed by atoms with Crippen LogP contribution in [0, 0.1) is 16.0 Å². The highest BCUT2D eigenvalue weighted by Crippen LogP contribution is 2.32. The normalized spacial score (nSPS) is 17.4. The third-order valence-corrected chi connectivity index (χ3v) is 4.52. The summed E-state index contributed by atoms with van der Waals surface area (Å²) < 4.78 is 5.01. The first-order valence-corrected chi connectivity index (χ1v) is 8.99. The molecule has 0 bridgehead atoms. The number of imide groups is 1. The van der Waals surface area contributed by atoms with Crippen molar-refractivity contribution in [1.82, 2.24) is 10.6 Å². The number of anilines is 1. The standard InChI is InChI=1S/C18H24N4O6/c1-11-5-4-8-21(10-11)14-7-6-13(9-15(14)22(26)27)17(24)28-12(2)16(23)20-18(25)19-3/h6-7,9,11-12H,4-5,8,10H2,1-3H3,(H2,19,20,23,25)/t11-,12+/m1/s1. The van der Waals surface area contributed by atoms with Crippen LogP contribution in [0.15, 0.2) is 18.2 Å². The van der Waals surface area contributed by atoms with Crippen molar-refractivity contribution in [2.45, 2.75) is 32.8 Å². The van der Waals surface area contributed by atoms with Gasteiger partial charge in [0.05, 0.1) is 10.5 Å². The first-order chi connectivity index (χ1) is 13.2. The lowest BCUT2D eigenvalue weighted by Crippen LogP contribution is -2.43. The van der Waals surface area contributed by atoms with E-state index in [2.05, 4.69) is 12.2 Å². The van der Waals surface area contributed by atoms with Crippen LogP contribution in [-0.2, 0) is 9.53 Å². The Kier molecular flexibility index (Phi) is 6.91. The molecule has 0 aromatic heterocycles. The molecule has 0 spiro atoms. The number of nitro groups is 1. The Bertz CT molecular complexity index is 781. The van der Waals surface area contributed by atoms with Crippen molar-refractivity contribution >= 4 is 29.3 Å². The van der Waals surface area contributed by atoms with E-state index in [9.17, 15) is 24.5 Å². The minimum absolute atomic E-state index is 0.0416. The van der Waals surface area contributed by atoms with Gasteiger partial charge in [0, 0.05) is 26.2 Å². The summed E-state index contributed by atoms with van der Waals surface area (Å²) in [5, 5.41) is 15.7. The monoisotopic (exact) mass is 392 g/mol. The predicted molar refractivity (Wildman–Crippen MR) is 101 cm³/mol. The summed E-state index contributed by atoms with van der Waals surface area (Å²) in [5.41, 5.74) is 0.227. The molecule has 3 amide bonds. The van der Waals surface area contributed by atoms with Gasteiger partial charge in [0.15, 0.2) is 6.10 Å². The van der Waals surface area contributed by atoms with Crippen molar-refractivity contribution < 1.29 is 24.0 Å². The number of benzene rings is 1. The van der Waals surface area contributed by atoms with Crippen LogP contribution < -0.4 is 15.5 Å². The first kappa shape index (κ1) is 21.1. The molecule has 1 aromatic carbocycles.